The molecule has 0 radical (unpaired) electrons. The summed E-state index contributed by atoms with van der Waals surface area (Å²) >= 11 is 1.66. The molecular formula is C17H23N3O2S. The van der Waals surface area contributed by atoms with Gasteiger partial charge >= 0.3 is 0 Å². The Kier molecular flexibility index (Phi) is 4.37. The van der Waals surface area contributed by atoms with Gasteiger partial charge in [0.05, 0.1) is 16.3 Å². The number of likely N-dealkylation sites (tertiary alicyclic amines) is 1. The number of hydrogen-bond acceptors (Lipinski definition) is 4. The van der Waals surface area contributed by atoms with Gasteiger partial charge in [-0.05, 0) is 49.9 Å². The maximum Gasteiger partial charge on any atom is 0.270 e. The summed E-state index contributed by atoms with van der Waals surface area (Å²) in [6.45, 7) is 5.51. The van der Waals surface area contributed by atoms with Crippen molar-refractivity contribution in [3.05, 3.63) is 23.2 Å². The molecule has 2 aromatic rings. The third kappa shape index (κ3) is 3.29. The third-order valence-electron chi connectivity index (χ3n) is 4.77. The molecule has 2 aliphatic rings. The summed E-state index contributed by atoms with van der Waals surface area (Å²) in [4.78, 5) is 20.5. The number of carbonyl (C=O) groups excluding carboxylic acids is 1. The maximum absolute atomic E-state index is 12.8. The molecule has 2 fully saturated rings. The van der Waals surface area contributed by atoms with Crippen LogP contribution in [0.15, 0.2) is 17.5 Å². The van der Waals surface area contributed by atoms with Gasteiger partial charge in [0.1, 0.15) is 5.69 Å². The van der Waals surface area contributed by atoms with E-state index in [2.05, 4.69) is 9.88 Å². The first-order valence-electron chi connectivity index (χ1n) is 8.49. The Morgan fingerprint density at radius 3 is 3.00 bits per heavy atom. The standard InChI is InChI=1S/C17H23N3O2S/c21-17(15-10-16-14(18-15)4-9-23-16)20-7-3-8-22-13(12-20)11-19-5-1-2-6-19/h4,9-10,13,18H,1-3,5-8,11-12H2/t13-/m0/s1. The molecule has 2 saturated heterocycles. The molecule has 0 saturated carbocycles. The van der Waals surface area contributed by atoms with Gasteiger partial charge < -0.3 is 19.5 Å². The lowest BCUT2D eigenvalue weighted by Crippen LogP contribution is -2.42. The number of ether oxygens (including phenoxy) is 1. The number of H-pyrrole nitrogens is 1. The van der Waals surface area contributed by atoms with Crippen LogP contribution < -0.4 is 0 Å². The summed E-state index contributed by atoms with van der Waals surface area (Å²) in [6, 6.07) is 4.00. The number of aromatic amines is 1. The second-order valence-corrected chi connectivity index (χ2v) is 7.43. The van der Waals surface area contributed by atoms with Crippen LogP contribution in [0.5, 0.6) is 0 Å². The highest BCUT2D eigenvalue weighted by atomic mass is 32.1. The van der Waals surface area contributed by atoms with Crippen LogP contribution in [0.1, 0.15) is 29.8 Å². The van der Waals surface area contributed by atoms with Crippen LogP contribution in [0.4, 0.5) is 0 Å². The topological polar surface area (TPSA) is 48.6 Å². The molecule has 0 spiro atoms. The first-order chi connectivity index (χ1) is 11.3. The number of nitrogens with zero attached hydrogens (tertiary/aromatic N) is 2. The zero-order valence-electron chi connectivity index (χ0n) is 13.3. The van der Waals surface area contributed by atoms with Gasteiger partial charge in [0.15, 0.2) is 0 Å². The zero-order valence-corrected chi connectivity index (χ0v) is 14.1. The SMILES string of the molecule is O=C(c1cc2sccc2[nH]1)N1CCCO[C@@H](CN2CCCC2)C1. The van der Waals surface area contributed by atoms with Crippen LogP contribution in [0.2, 0.25) is 0 Å². The fraction of sp³-hybridized carbons (Fsp3) is 0.588. The fourth-order valence-electron chi connectivity index (χ4n) is 3.58. The summed E-state index contributed by atoms with van der Waals surface area (Å²) in [5.41, 5.74) is 1.76. The highest BCUT2D eigenvalue weighted by molar-refractivity contribution is 7.17. The molecule has 2 aromatic heterocycles. The van der Waals surface area contributed by atoms with Crippen molar-refractivity contribution in [3.63, 3.8) is 0 Å². The molecule has 1 atom stereocenters. The molecule has 0 bridgehead atoms. The van der Waals surface area contributed by atoms with E-state index in [1.807, 2.05) is 22.4 Å². The van der Waals surface area contributed by atoms with E-state index in [-0.39, 0.29) is 12.0 Å². The zero-order chi connectivity index (χ0) is 15.6. The van der Waals surface area contributed by atoms with E-state index < -0.39 is 0 Å². The van der Waals surface area contributed by atoms with Crippen LogP contribution in [0.3, 0.4) is 0 Å². The van der Waals surface area contributed by atoms with Crippen molar-refractivity contribution in [3.8, 4) is 0 Å². The van der Waals surface area contributed by atoms with E-state index in [0.29, 0.717) is 12.2 Å². The summed E-state index contributed by atoms with van der Waals surface area (Å²) < 4.78 is 7.13. The minimum Gasteiger partial charge on any atom is -0.375 e. The Morgan fingerprint density at radius 2 is 2.17 bits per heavy atom. The molecule has 23 heavy (non-hydrogen) atoms. The second kappa shape index (κ2) is 6.63. The van der Waals surface area contributed by atoms with Gasteiger partial charge in [0, 0.05) is 26.2 Å². The monoisotopic (exact) mass is 333 g/mol. The summed E-state index contributed by atoms with van der Waals surface area (Å²) in [7, 11) is 0. The van der Waals surface area contributed by atoms with Gasteiger partial charge in [-0.1, -0.05) is 0 Å². The molecule has 4 heterocycles. The molecule has 0 unspecified atom stereocenters. The van der Waals surface area contributed by atoms with E-state index in [1.165, 1.54) is 25.9 Å². The lowest BCUT2D eigenvalue weighted by atomic mass is 10.2. The summed E-state index contributed by atoms with van der Waals surface area (Å²) in [5, 5.41) is 2.04. The van der Waals surface area contributed by atoms with E-state index in [9.17, 15) is 4.79 Å². The molecule has 0 aromatic carbocycles. The quantitative estimate of drug-likeness (QED) is 0.939. The minimum atomic E-state index is 0.102. The Hall–Kier alpha value is -1.37. The maximum atomic E-state index is 12.8. The Balaban J connectivity index is 1.45. The first kappa shape index (κ1) is 15.2. The largest absolute Gasteiger partial charge is 0.375 e. The van der Waals surface area contributed by atoms with E-state index in [0.717, 1.165) is 36.3 Å². The lowest BCUT2D eigenvalue weighted by molar-refractivity contribution is 0.0296. The van der Waals surface area contributed by atoms with Gasteiger partial charge in [-0.15, -0.1) is 11.3 Å². The summed E-state index contributed by atoms with van der Waals surface area (Å²) in [5.74, 6) is 0.102. The highest BCUT2D eigenvalue weighted by Crippen LogP contribution is 2.22. The number of hydrogen-bond donors (Lipinski definition) is 1. The smallest absolute Gasteiger partial charge is 0.270 e. The number of nitrogens with one attached hydrogen (secondary N) is 1. The van der Waals surface area contributed by atoms with Crippen molar-refractivity contribution in [1.29, 1.82) is 0 Å². The van der Waals surface area contributed by atoms with Crippen molar-refractivity contribution in [2.24, 2.45) is 0 Å². The molecule has 5 nitrogen and oxygen atoms in total. The van der Waals surface area contributed by atoms with Crippen molar-refractivity contribution < 1.29 is 9.53 Å². The van der Waals surface area contributed by atoms with Crippen LogP contribution >= 0.6 is 11.3 Å². The van der Waals surface area contributed by atoms with Crippen LogP contribution in [0, 0.1) is 0 Å². The Bertz CT molecular complexity index is 646. The predicted molar refractivity (Wildman–Crippen MR) is 92.1 cm³/mol. The van der Waals surface area contributed by atoms with Crippen LogP contribution in [-0.4, -0.2) is 66.1 Å². The molecule has 124 valence electrons. The van der Waals surface area contributed by atoms with Gasteiger partial charge in [0.25, 0.3) is 5.91 Å². The molecule has 1 amide bonds. The molecule has 4 rings (SSSR count). The highest BCUT2D eigenvalue weighted by Gasteiger charge is 2.26. The van der Waals surface area contributed by atoms with Crippen molar-refractivity contribution in [2.75, 3.05) is 39.3 Å². The van der Waals surface area contributed by atoms with Gasteiger partial charge in [-0.3, -0.25) is 4.79 Å². The summed E-state index contributed by atoms with van der Waals surface area (Å²) in [6.07, 6.45) is 3.62. The van der Waals surface area contributed by atoms with Gasteiger partial charge in [0.2, 0.25) is 0 Å². The molecule has 2 aliphatic heterocycles. The number of carbonyl (C=O) groups is 1. The number of fused-ring (bicyclic) bond motifs is 1. The number of rotatable bonds is 3. The van der Waals surface area contributed by atoms with Gasteiger partial charge in [-0.25, -0.2) is 0 Å². The van der Waals surface area contributed by atoms with Crippen molar-refractivity contribution in [1.82, 2.24) is 14.8 Å². The lowest BCUT2D eigenvalue weighted by Gasteiger charge is -2.26. The number of amides is 1. The predicted octanol–water partition coefficient (Wildman–Crippen LogP) is 2.56. The Labute approximate surface area is 140 Å². The molecule has 6 heteroatoms. The third-order valence-corrected chi connectivity index (χ3v) is 5.63. The fourth-order valence-corrected chi connectivity index (χ4v) is 4.36. The number of thiophene rings is 1. The van der Waals surface area contributed by atoms with Crippen molar-refractivity contribution in [2.45, 2.75) is 25.4 Å². The number of aromatic nitrogens is 1. The van der Waals surface area contributed by atoms with Gasteiger partial charge in [-0.2, -0.15) is 0 Å². The minimum absolute atomic E-state index is 0.102. The normalized spacial score (nSPS) is 23.5. The first-order valence-corrected chi connectivity index (χ1v) is 9.37. The van der Waals surface area contributed by atoms with Crippen molar-refractivity contribution >= 4 is 27.5 Å². The molecule has 0 aliphatic carbocycles. The van der Waals surface area contributed by atoms with E-state index in [4.69, 9.17) is 4.74 Å². The Morgan fingerprint density at radius 1 is 1.30 bits per heavy atom. The van der Waals surface area contributed by atoms with Crippen LogP contribution in [0.25, 0.3) is 10.2 Å². The average molecular weight is 333 g/mol. The molecular weight excluding hydrogens is 310 g/mol. The van der Waals surface area contributed by atoms with Crippen LogP contribution in [-0.2, 0) is 4.74 Å². The van der Waals surface area contributed by atoms with E-state index >= 15 is 0 Å². The van der Waals surface area contributed by atoms with E-state index in [1.54, 1.807) is 11.3 Å². The average Bonchev–Trinajstić information content (AvgIpc) is 3.22. The second-order valence-electron chi connectivity index (χ2n) is 6.49. The molecule has 1 N–H and O–H groups in total.